The normalized spacial score (nSPS) is 24.9. The third-order valence-electron chi connectivity index (χ3n) is 3.54. The maximum atomic E-state index is 13.4. The molecule has 2 unspecified atom stereocenters. The largest absolute Gasteiger partial charge is 0.314 e. The third kappa shape index (κ3) is 3.50. The predicted octanol–water partition coefficient (Wildman–Crippen LogP) is 3.29. The van der Waals surface area contributed by atoms with E-state index in [1.807, 2.05) is 0 Å². The number of rotatable bonds is 3. The topological polar surface area (TPSA) is 12.0 Å². The highest BCUT2D eigenvalue weighted by molar-refractivity contribution is 5.18. The molecule has 0 aliphatic carbocycles. The lowest BCUT2D eigenvalue weighted by Gasteiger charge is -2.27. The summed E-state index contributed by atoms with van der Waals surface area (Å²) >= 11 is 0. The van der Waals surface area contributed by atoms with E-state index in [9.17, 15) is 8.78 Å². The van der Waals surface area contributed by atoms with E-state index in [1.54, 1.807) is 6.07 Å². The maximum absolute atomic E-state index is 13.4. The summed E-state index contributed by atoms with van der Waals surface area (Å²) in [5.41, 5.74) is 0.617. The van der Waals surface area contributed by atoms with Crippen molar-refractivity contribution in [2.45, 2.75) is 38.6 Å². The summed E-state index contributed by atoms with van der Waals surface area (Å²) < 4.78 is 26.1. The van der Waals surface area contributed by atoms with Crippen molar-refractivity contribution in [2.75, 3.05) is 6.54 Å². The van der Waals surface area contributed by atoms with Gasteiger partial charge in [-0.3, -0.25) is 0 Å². The summed E-state index contributed by atoms with van der Waals surface area (Å²) in [6.45, 7) is 3.29. The zero-order valence-corrected chi connectivity index (χ0v) is 10.2. The number of benzene rings is 1. The number of nitrogens with one attached hydrogen (secondary N) is 1. The van der Waals surface area contributed by atoms with E-state index >= 15 is 0 Å². The Morgan fingerprint density at radius 2 is 2.12 bits per heavy atom. The van der Waals surface area contributed by atoms with Crippen molar-refractivity contribution in [1.29, 1.82) is 0 Å². The number of piperidine rings is 1. The fraction of sp³-hybridized carbons (Fsp3) is 0.571. The molecule has 1 aromatic carbocycles. The second-order valence-corrected chi connectivity index (χ2v) is 5.06. The molecule has 1 nitrogen and oxygen atoms in total. The summed E-state index contributed by atoms with van der Waals surface area (Å²) in [5, 5.41) is 3.47. The molecule has 1 aliphatic heterocycles. The van der Waals surface area contributed by atoms with Gasteiger partial charge in [0.25, 0.3) is 0 Å². The molecule has 0 aromatic heterocycles. The van der Waals surface area contributed by atoms with Gasteiger partial charge >= 0.3 is 0 Å². The van der Waals surface area contributed by atoms with Crippen molar-refractivity contribution < 1.29 is 8.78 Å². The molecule has 1 heterocycles. The Morgan fingerprint density at radius 3 is 2.76 bits per heavy atom. The highest BCUT2D eigenvalue weighted by Gasteiger charge is 2.17. The minimum Gasteiger partial charge on any atom is -0.314 e. The number of aryl methyl sites for hydroxylation is 1. The van der Waals surface area contributed by atoms with Gasteiger partial charge in [-0.05, 0) is 49.8 Å². The van der Waals surface area contributed by atoms with E-state index in [0.29, 0.717) is 18.0 Å². The van der Waals surface area contributed by atoms with Crippen LogP contribution in [0.1, 0.15) is 31.7 Å². The van der Waals surface area contributed by atoms with Gasteiger partial charge in [-0.25, -0.2) is 8.78 Å². The van der Waals surface area contributed by atoms with Gasteiger partial charge in [-0.2, -0.15) is 0 Å². The maximum Gasteiger partial charge on any atom is 0.129 e. The zero-order valence-electron chi connectivity index (χ0n) is 10.2. The third-order valence-corrected chi connectivity index (χ3v) is 3.54. The highest BCUT2D eigenvalue weighted by Crippen LogP contribution is 2.18. The van der Waals surface area contributed by atoms with Crippen LogP contribution in [0, 0.1) is 17.6 Å². The number of halogens is 2. The Morgan fingerprint density at radius 1 is 1.29 bits per heavy atom. The molecule has 0 spiro atoms. The second kappa shape index (κ2) is 5.58. The first-order valence-corrected chi connectivity index (χ1v) is 6.32. The standard InChI is InChI=1S/C14H19F2N/c1-10-2-6-13(17-9-10)7-4-11-3-5-12(15)8-14(11)16/h3,5,8,10,13,17H,2,4,6-7,9H2,1H3. The van der Waals surface area contributed by atoms with Gasteiger partial charge in [0, 0.05) is 12.1 Å². The van der Waals surface area contributed by atoms with Gasteiger partial charge in [0.05, 0.1) is 0 Å². The zero-order chi connectivity index (χ0) is 12.3. The van der Waals surface area contributed by atoms with E-state index in [4.69, 9.17) is 0 Å². The van der Waals surface area contributed by atoms with Crippen molar-refractivity contribution in [1.82, 2.24) is 5.32 Å². The Bertz CT molecular complexity index is 370. The summed E-state index contributed by atoms with van der Waals surface area (Å²) in [6.07, 6.45) is 4.00. The monoisotopic (exact) mass is 239 g/mol. The lowest BCUT2D eigenvalue weighted by Crippen LogP contribution is -2.38. The molecule has 1 fully saturated rings. The number of hydrogen-bond donors (Lipinski definition) is 1. The lowest BCUT2D eigenvalue weighted by atomic mass is 9.93. The Balaban J connectivity index is 1.85. The first kappa shape index (κ1) is 12.5. The van der Waals surface area contributed by atoms with Gasteiger partial charge in [0.1, 0.15) is 11.6 Å². The molecule has 0 amide bonds. The Labute approximate surface area is 101 Å². The average molecular weight is 239 g/mol. The molecule has 17 heavy (non-hydrogen) atoms. The van der Waals surface area contributed by atoms with E-state index in [-0.39, 0.29) is 0 Å². The van der Waals surface area contributed by atoms with Crippen LogP contribution in [0.25, 0.3) is 0 Å². The van der Waals surface area contributed by atoms with Crippen molar-refractivity contribution in [2.24, 2.45) is 5.92 Å². The molecule has 94 valence electrons. The fourth-order valence-electron chi connectivity index (χ4n) is 2.36. The Kier molecular flexibility index (Phi) is 4.11. The van der Waals surface area contributed by atoms with Crippen LogP contribution in [0.5, 0.6) is 0 Å². The minimum absolute atomic E-state index is 0.422. The quantitative estimate of drug-likeness (QED) is 0.853. The molecule has 1 aromatic rings. The fourth-order valence-corrected chi connectivity index (χ4v) is 2.36. The molecule has 2 atom stereocenters. The summed E-state index contributed by atoms with van der Waals surface area (Å²) in [5.74, 6) is -0.182. The molecular formula is C14H19F2N. The Hall–Kier alpha value is -0.960. The van der Waals surface area contributed by atoms with Gasteiger partial charge in [0.2, 0.25) is 0 Å². The summed E-state index contributed by atoms with van der Waals surface area (Å²) in [4.78, 5) is 0. The molecule has 0 saturated carbocycles. The van der Waals surface area contributed by atoms with Crippen molar-refractivity contribution in [3.05, 3.63) is 35.4 Å². The first-order valence-electron chi connectivity index (χ1n) is 6.32. The predicted molar refractivity (Wildman–Crippen MR) is 64.9 cm³/mol. The highest BCUT2D eigenvalue weighted by atomic mass is 19.1. The van der Waals surface area contributed by atoms with Crippen LogP contribution in [-0.4, -0.2) is 12.6 Å². The average Bonchev–Trinajstić information content (AvgIpc) is 2.30. The second-order valence-electron chi connectivity index (χ2n) is 5.06. The molecule has 0 bridgehead atoms. The number of hydrogen-bond acceptors (Lipinski definition) is 1. The molecule has 0 radical (unpaired) electrons. The van der Waals surface area contributed by atoms with Crippen LogP contribution in [0.2, 0.25) is 0 Å². The molecule has 1 saturated heterocycles. The molecular weight excluding hydrogens is 220 g/mol. The van der Waals surface area contributed by atoms with Crippen molar-refractivity contribution >= 4 is 0 Å². The van der Waals surface area contributed by atoms with Crippen LogP contribution in [0.4, 0.5) is 8.78 Å². The van der Waals surface area contributed by atoms with Crippen LogP contribution in [0.15, 0.2) is 18.2 Å². The molecule has 1 aliphatic rings. The van der Waals surface area contributed by atoms with Gasteiger partial charge in [0.15, 0.2) is 0 Å². The summed E-state index contributed by atoms with van der Waals surface area (Å²) in [6, 6.07) is 4.33. The van der Waals surface area contributed by atoms with Crippen LogP contribution < -0.4 is 5.32 Å². The summed E-state index contributed by atoms with van der Waals surface area (Å²) in [7, 11) is 0. The first-order chi connectivity index (χ1) is 8.15. The van der Waals surface area contributed by atoms with Crippen molar-refractivity contribution in [3.8, 4) is 0 Å². The van der Waals surface area contributed by atoms with Gasteiger partial charge in [-0.1, -0.05) is 13.0 Å². The van der Waals surface area contributed by atoms with Crippen LogP contribution >= 0.6 is 0 Å². The van der Waals surface area contributed by atoms with Gasteiger partial charge < -0.3 is 5.32 Å². The van der Waals surface area contributed by atoms with E-state index in [0.717, 1.165) is 31.4 Å². The SMILES string of the molecule is CC1CCC(CCc2ccc(F)cc2F)NC1. The van der Waals surface area contributed by atoms with Gasteiger partial charge in [-0.15, -0.1) is 0 Å². The molecule has 1 N–H and O–H groups in total. The molecule has 2 rings (SSSR count). The van der Waals surface area contributed by atoms with E-state index in [1.165, 1.54) is 12.5 Å². The van der Waals surface area contributed by atoms with E-state index in [2.05, 4.69) is 12.2 Å². The minimum atomic E-state index is -0.504. The molecule has 3 heteroatoms. The van der Waals surface area contributed by atoms with E-state index < -0.39 is 11.6 Å². The van der Waals surface area contributed by atoms with Crippen LogP contribution in [-0.2, 0) is 6.42 Å². The smallest absolute Gasteiger partial charge is 0.129 e. The van der Waals surface area contributed by atoms with Crippen LogP contribution in [0.3, 0.4) is 0 Å². The lowest BCUT2D eigenvalue weighted by molar-refractivity contribution is 0.315. The van der Waals surface area contributed by atoms with Crippen molar-refractivity contribution in [3.63, 3.8) is 0 Å².